The third kappa shape index (κ3) is 4.75. The van der Waals surface area contributed by atoms with Gasteiger partial charge in [-0.3, -0.25) is 9.69 Å². The molecule has 1 aromatic heterocycles. The topological polar surface area (TPSA) is 71.3 Å². The van der Waals surface area contributed by atoms with Gasteiger partial charge < -0.3 is 9.73 Å². The minimum absolute atomic E-state index is 0.0704. The highest BCUT2D eigenvalue weighted by atomic mass is 16.4. The lowest BCUT2D eigenvalue weighted by Crippen LogP contribution is -2.50. The predicted octanol–water partition coefficient (Wildman–Crippen LogP) is 4.29. The van der Waals surface area contributed by atoms with Crippen LogP contribution in [-0.4, -0.2) is 39.1 Å². The van der Waals surface area contributed by atoms with Crippen molar-refractivity contribution in [1.82, 2.24) is 20.4 Å². The fraction of sp³-hybridized carbons (Fsp3) is 0.423. The van der Waals surface area contributed by atoms with Crippen LogP contribution in [0.25, 0.3) is 11.5 Å². The molecule has 2 aliphatic rings. The number of nitrogens with one attached hydrogen (secondary N) is 1. The molecule has 2 aliphatic heterocycles. The van der Waals surface area contributed by atoms with Gasteiger partial charge in [-0.1, -0.05) is 48.0 Å². The molecule has 166 valence electrons. The molecule has 0 spiro atoms. The first kappa shape index (κ1) is 20.9. The minimum Gasteiger partial charge on any atom is -0.421 e. The Labute approximate surface area is 189 Å². The molecule has 6 heteroatoms. The molecule has 2 saturated heterocycles. The molecule has 1 amide bonds. The van der Waals surface area contributed by atoms with Crippen LogP contribution in [0.3, 0.4) is 0 Å². The number of aromatic nitrogens is 2. The normalized spacial score (nSPS) is 22.7. The minimum atomic E-state index is 0.0704. The fourth-order valence-corrected chi connectivity index (χ4v) is 5.13. The van der Waals surface area contributed by atoms with Crippen molar-refractivity contribution < 1.29 is 9.21 Å². The molecule has 1 N–H and O–H groups in total. The average molecular weight is 431 g/mol. The standard InChI is InChI=1S/C26H30N4O2/c1-18-7-9-20(10-8-18)26-29-28-25(32-26)14-13-24(31)27-21-15-22-11-12-23(16-21)30(22)17-19-5-3-2-4-6-19/h2-10,21-23H,11-17H2,1H3,(H,27,31). The van der Waals surface area contributed by atoms with Gasteiger partial charge in [0.1, 0.15) is 0 Å². The molecule has 6 nitrogen and oxygen atoms in total. The van der Waals surface area contributed by atoms with Gasteiger partial charge in [-0.2, -0.15) is 0 Å². The Balaban J connectivity index is 1.11. The molecule has 2 unspecified atom stereocenters. The van der Waals surface area contributed by atoms with Crippen LogP contribution in [0.5, 0.6) is 0 Å². The van der Waals surface area contributed by atoms with Gasteiger partial charge in [0.25, 0.3) is 0 Å². The number of carbonyl (C=O) groups is 1. The molecule has 0 saturated carbocycles. The van der Waals surface area contributed by atoms with Gasteiger partial charge in [-0.25, -0.2) is 0 Å². The van der Waals surface area contributed by atoms with E-state index in [2.05, 4.69) is 50.7 Å². The molecule has 2 fully saturated rings. The van der Waals surface area contributed by atoms with Crippen LogP contribution < -0.4 is 5.32 Å². The quantitative estimate of drug-likeness (QED) is 0.605. The Bertz CT molecular complexity index is 1030. The molecule has 2 bridgehead atoms. The number of piperidine rings is 1. The fourth-order valence-electron chi connectivity index (χ4n) is 5.13. The molecule has 3 aromatic rings. The van der Waals surface area contributed by atoms with Crippen molar-refractivity contribution in [3.8, 4) is 11.5 Å². The summed E-state index contributed by atoms with van der Waals surface area (Å²) in [4.78, 5) is 15.2. The lowest BCUT2D eigenvalue weighted by Gasteiger charge is -2.39. The summed E-state index contributed by atoms with van der Waals surface area (Å²) in [5.74, 6) is 1.08. The van der Waals surface area contributed by atoms with E-state index < -0.39 is 0 Å². The third-order valence-corrected chi connectivity index (χ3v) is 6.79. The monoisotopic (exact) mass is 430 g/mol. The number of hydrogen-bond donors (Lipinski definition) is 1. The van der Waals surface area contributed by atoms with Gasteiger partial charge in [-0.15, -0.1) is 10.2 Å². The van der Waals surface area contributed by atoms with Crippen LogP contribution in [0.4, 0.5) is 0 Å². The average Bonchev–Trinajstić information content (AvgIpc) is 3.36. The van der Waals surface area contributed by atoms with E-state index in [4.69, 9.17) is 4.42 Å². The van der Waals surface area contributed by atoms with Crippen molar-refractivity contribution in [2.75, 3.05) is 0 Å². The van der Waals surface area contributed by atoms with Gasteiger partial charge >= 0.3 is 0 Å². The van der Waals surface area contributed by atoms with Gasteiger partial charge in [0.2, 0.25) is 17.7 Å². The summed E-state index contributed by atoms with van der Waals surface area (Å²) in [7, 11) is 0. The number of carbonyl (C=O) groups excluding carboxylic acids is 1. The van der Waals surface area contributed by atoms with E-state index in [0.717, 1.165) is 24.9 Å². The third-order valence-electron chi connectivity index (χ3n) is 6.79. The van der Waals surface area contributed by atoms with E-state index >= 15 is 0 Å². The molecule has 2 aromatic carbocycles. The Morgan fingerprint density at radius 2 is 1.75 bits per heavy atom. The first-order valence-corrected chi connectivity index (χ1v) is 11.6. The molecular formula is C26H30N4O2. The molecule has 3 heterocycles. The van der Waals surface area contributed by atoms with Crippen molar-refractivity contribution in [3.05, 3.63) is 71.6 Å². The summed E-state index contributed by atoms with van der Waals surface area (Å²) >= 11 is 0. The first-order valence-electron chi connectivity index (χ1n) is 11.6. The Morgan fingerprint density at radius 3 is 2.47 bits per heavy atom. The second-order valence-corrected chi connectivity index (χ2v) is 9.15. The second kappa shape index (κ2) is 9.25. The van der Waals surface area contributed by atoms with Crippen LogP contribution in [-0.2, 0) is 17.8 Å². The van der Waals surface area contributed by atoms with Crippen LogP contribution in [0.1, 0.15) is 49.1 Å². The van der Waals surface area contributed by atoms with E-state index in [1.54, 1.807) is 0 Å². The van der Waals surface area contributed by atoms with E-state index in [1.165, 1.54) is 24.0 Å². The van der Waals surface area contributed by atoms with Crippen LogP contribution >= 0.6 is 0 Å². The Kier molecular flexibility index (Phi) is 6.04. The van der Waals surface area contributed by atoms with Crippen molar-refractivity contribution in [3.63, 3.8) is 0 Å². The summed E-state index contributed by atoms with van der Waals surface area (Å²) < 4.78 is 5.76. The van der Waals surface area contributed by atoms with Crippen molar-refractivity contribution in [1.29, 1.82) is 0 Å². The Hall–Kier alpha value is -2.99. The maximum absolute atomic E-state index is 12.6. The summed E-state index contributed by atoms with van der Waals surface area (Å²) in [6.07, 6.45) is 5.36. The largest absolute Gasteiger partial charge is 0.421 e. The number of rotatable bonds is 7. The maximum atomic E-state index is 12.6. The molecule has 5 rings (SSSR count). The summed E-state index contributed by atoms with van der Waals surface area (Å²) in [6.45, 7) is 3.05. The lowest BCUT2D eigenvalue weighted by molar-refractivity contribution is -0.122. The van der Waals surface area contributed by atoms with E-state index in [1.807, 2.05) is 31.2 Å². The number of amides is 1. The molecule has 0 radical (unpaired) electrons. The van der Waals surface area contributed by atoms with Crippen LogP contribution in [0.15, 0.2) is 59.0 Å². The molecule has 32 heavy (non-hydrogen) atoms. The predicted molar refractivity (Wildman–Crippen MR) is 123 cm³/mol. The second-order valence-electron chi connectivity index (χ2n) is 9.15. The maximum Gasteiger partial charge on any atom is 0.247 e. The van der Waals surface area contributed by atoms with Crippen molar-refractivity contribution >= 4 is 5.91 Å². The first-order chi connectivity index (χ1) is 15.6. The van der Waals surface area contributed by atoms with Gasteiger partial charge in [0, 0.05) is 43.1 Å². The van der Waals surface area contributed by atoms with E-state index in [0.29, 0.717) is 36.7 Å². The molecule has 2 atom stereocenters. The van der Waals surface area contributed by atoms with E-state index in [-0.39, 0.29) is 11.9 Å². The van der Waals surface area contributed by atoms with Gasteiger partial charge in [0.15, 0.2) is 0 Å². The highest BCUT2D eigenvalue weighted by molar-refractivity contribution is 5.76. The number of aryl methyl sites for hydroxylation is 2. The number of fused-ring (bicyclic) bond motifs is 2. The zero-order chi connectivity index (χ0) is 21.9. The summed E-state index contributed by atoms with van der Waals surface area (Å²) in [5.41, 5.74) is 3.46. The highest BCUT2D eigenvalue weighted by Gasteiger charge is 2.40. The van der Waals surface area contributed by atoms with Crippen molar-refractivity contribution in [2.24, 2.45) is 0 Å². The summed E-state index contributed by atoms with van der Waals surface area (Å²) in [5, 5.41) is 11.5. The summed E-state index contributed by atoms with van der Waals surface area (Å²) in [6, 6.07) is 20.1. The zero-order valence-corrected chi connectivity index (χ0v) is 18.5. The zero-order valence-electron chi connectivity index (χ0n) is 18.5. The number of hydrogen-bond acceptors (Lipinski definition) is 5. The van der Waals surface area contributed by atoms with Crippen LogP contribution in [0, 0.1) is 6.92 Å². The lowest BCUT2D eigenvalue weighted by atomic mass is 9.96. The highest BCUT2D eigenvalue weighted by Crippen LogP contribution is 2.36. The van der Waals surface area contributed by atoms with Gasteiger partial charge in [-0.05, 0) is 50.3 Å². The number of nitrogens with zero attached hydrogens (tertiary/aromatic N) is 3. The van der Waals surface area contributed by atoms with E-state index in [9.17, 15) is 4.79 Å². The smallest absolute Gasteiger partial charge is 0.247 e. The van der Waals surface area contributed by atoms with Crippen LogP contribution in [0.2, 0.25) is 0 Å². The Morgan fingerprint density at radius 1 is 1.03 bits per heavy atom. The number of benzene rings is 2. The molecule has 0 aliphatic carbocycles. The van der Waals surface area contributed by atoms with Gasteiger partial charge in [0.05, 0.1) is 0 Å². The molecular weight excluding hydrogens is 400 g/mol. The SMILES string of the molecule is Cc1ccc(-c2nnc(CCC(=O)NC3CC4CCC(C3)N4Cc3ccccc3)o2)cc1. The van der Waals surface area contributed by atoms with Crippen molar-refractivity contribution in [2.45, 2.75) is 70.1 Å².